The summed E-state index contributed by atoms with van der Waals surface area (Å²) in [5, 5.41) is 1.88. The van der Waals surface area contributed by atoms with Crippen LogP contribution in [0.25, 0.3) is 12.2 Å². The molecule has 0 atom stereocenters. The van der Waals surface area contributed by atoms with Crippen LogP contribution in [0.2, 0.25) is 0 Å². The molecule has 6 nitrogen and oxygen atoms in total. The minimum absolute atomic E-state index is 0.0963. The molecule has 138 valence electrons. The molecule has 0 aliphatic carbocycles. The summed E-state index contributed by atoms with van der Waals surface area (Å²) in [4.78, 5) is 33.4. The van der Waals surface area contributed by atoms with Crippen LogP contribution < -0.4 is 0 Å². The average molecular weight is 393 g/mol. The number of hydrogen-bond acceptors (Lipinski definition) is 8. The Bertz CT molecular complexity index is 741. The lowest BCUT2D eigenvalue weighted by Crippen LogP contribution is -2.17. The van der Waals surface area contributed by atoms with Crippen LogP contribution in [0, 0.1) is 19.8 Å². The Morgan fingerprint density at radius 2 is 1.38 bits per heavy atom. The van der Waals surface area contributed by atoms with Gasteiger partial charge < -0.3 is 9.47 Å². The number of thiazole rings is 2. The molecular weight excluding hydrogens is 372 g/mol. The number of hydrogen-bond donors (Lipinski definition) is 0. The van der Waals surface area contributed by atoms with E-state index in [1.807, 2.05) is 20.8 Å². The maximum absolute atomic E-state index is 11.7. The largest absolute Gasteiger partial charge is 0.462 e. The molecule has 0 saturated heterocycles. The number of ether oxygens (including phenoxy) is 2. The number of nitrogens with zero attached hydrogens (tertiary/aromatic N) is 2. The number of carbonyl (C=O) groups excluding carboxylic acids is 2. The van der Waals surface area contributed by atoms with Crippen molar-refractivity contribution in [2.75, 3.05) is 13.2 Å². The number of aryl methyl sites for hydroxylation is 2. The summed E-state index contributed by atoms with van der Waals surface area (Å²) in [6.07, 6.45) is 9.48. The lowest BCUT2D eigenvalue weighted by molar-refractivity contribution is -0.142. The highest BCUT2D eigenvalue weighted by Gasteiger charge is 2.08. The van der Waals surface area contributed by atoms with Gasteiger partial charge in [0.2, 0.25) is 0 Å². The average Bonchev–Trinajstić information content (AvgIpc) is 3.22. The Kier molecular flexibility index (Phi) is 7.68. The molecule has 0 bridgehead atoms. The topological polar surface area (TPSA) is 78.4 Å². The molecule has 0 aromatic carbocycles. The van der Waals surface area contributed by atoms with Gasteiger partial charge >= 0.3 is 11.9 Å². The van der Waals surface area contributed by atoms with E-state index < -0.39 is 11.9 Å². The summed E-state index contributed by atoms with van der Waals surface area (Å²) in [6.45, 7) is 5.99. The summed E-state index contributed by atoms with van der Waals surface area (Å²) in [7, 11) is 0. The zero-order chi connectivity index (χ0) is 18.9. The van der Waals surface area contributed by atoms with Gasteiger partial charge in [0, 0.05) is 40.2 Å². The van der Waals surface area contributed by atoms with Crippen molar-refractivity contribution in [3.8, 4) is 0 Å². The van der Waals surface area contributed by atoms with Crippen LogP contribution in [-0.2, 0) is 19.1 Å². The molecule has 2 rings (SSSR count). The zero-order valence-electron chi connectivity index (χ0n) is 14.8. The Labute approximate surface area is 160 Å². The van der Waals surface area contributed by atoms with E-state index in [-0.39, 0.29) is 19.1 Å². The lowest BCUT2D eigenvalue weighted by atomic mass is 10.2. The standard InChI is InChI=1S/C18H20N2O4S2/c1-12(10-23-17(21)6-4-15-8-19-13(2)25-15)11-24-18(22)7-5-16-9-20-14(3)26-16/h4-9,12H,10-11H2,1-3H3. The first-order valence-electron chi connectivity index (χ1n) is 7.97. The van der Waals surface area contributed by atoms with E-state index in [1.54, 1.807) is 24.5 Å². The van der Waals surface area contributed by atoms with Gasteiger partial charge in [-0.15, -0.1) is 22.7 Å². The van der Waals surface area contributed by atoms with Gasteiger partial charge in [-0.05, 0) is 26.0 Å². The second kappa shape index (κ2) is 9.98. The first kappa shape index (κ1) is 20.0. The van der Waals surface area contributed by atoms with Crippen molar-refractivity contribution in [1.29, 1.82) is 0 Å². The highest BCUT2D eigenvalue weighted by molar-refractivity contribution is 7.12. The van der Waals surface area contributed by atoms with E-state index in [9.17, 15) is 9.59 Å². The number of carbonyl (C=O) groups is 2. The Morgan fingerprint density at radius 1 is 0.962 bits per heavy atom. The van der Waals surface area contributed by atoms with Crippen molar-refractivity contribution in [2.24, 2.45) is 5.92 Å². The summed E-state index contributed by atoms with van der Waals surface area (Å²) in [6, 6.07) is 0. The molecule has 0 fully saturated rings. The van der Waals surface area contributed by atoms with E-state index in [0.717, 1.165) is 19.8 Å². The molecule has 8 heteroatoms. The van der Waals surface area contributed by atoms with Crippen LogP contribution in [0.3, 0.4) is 0 Å². The van der Waals surface area contributed by atoms with Crippen molar-refractivity contribution in [3.63, 3.8) is 0 Å². The molecular formula is C18H20N2O4S2. The normalized spacial score (nSPS) is 12.6. The number of aromatic nitrogens is 2. The van der Waals surface area contributed by atoms with Crippen molar-refractivity contribution >= 4 is 46.8 Å². The number of esters is 2. The van der Waals surface area contributed by atoms with E-state index >= 15 is 0 Å². The molecule has 26 heavy (non-hydrogen) atoms. The quantitative estimate of drug-likeness (QED) is 0.504. The van der Waals surface area contributed by atoms with Crippen LogP contribution in [0.1, 0.15) is 26.7 Å². The first-order valence-corrected chi connectivity index (χ1v) is 9.60. The summed E-state index contributed by atoms with van der Waals surface area (Å²) in [5.74, 6) is -0.967. The molecule has 2 heterocycles. The van der Waals surface area contributed by atoms with Crippen molar-refractivity contribution in [3.05, 3.63) is 44.3 Å². The molecule has 0 spiro atoms. The second-order valence-electron chi connectivity index (χ2n) is 5.60. The van der Waals surface area contributed by atoms with Gasteiger partial charge in [-0.3, -0.25) is 0 Å². The van der Waals surface area contributed by atoms with Crippen LogP contribution in [-0.4, -0.2) is 35.1 Å². The molecule has 0 aliphatic heterocycles. The predicted molar refractivity (Wildman–Crippen MR) is 103 cm³/mol. The fourth-order valence-electron chi connectivity index (χ4n) is 1.80. The third-order valence-corrected chi connectivity index (χ3v) is 4.82. The Balaban J connectivity index is 1.65. The molecule has 0 amide bonds. The molecule has 2 aromatic rings. The van der Waals surface area contributed by atoms with Crippen molar-refractivity contribution in [1.82, 2.24) is 9.97 Å². The van der Waals surface area contributed by atoms with Crippen LogP contribution >= 0.6 is 22.7 Å². The summed E-state index contributed by atoms with van der Waals surface area (Å²) >= 11 is 2.99. The van der Waals surface area contributed by atoms with Crippen LogP contribution in [0.5, 0.6) is 0 Å². The third-order valence-electron chi connectivity index (χ3n) is 3.07. The van der Waals surface area contributed by atoms with E-state index in [0.29, 0.717) is 0 Å². The summed E-state index contributed by atoms with van der Waals surface area (Å²) < 4.78 is 10.3. The maximum Gasteiger partial charge on any atom is 0.330 e. The summed E-state index contributed by atoms with van der Waals surface area (Å²) in [5.41, 5.74) is 0. The minimum atomic E-state index is -0.435. The molecule has 2 aromatic heterocycles. The van der Waals surface area contributed by atoms with Gasteiger partial charge in [0.25, 0.3) is 0 Å². The Hall–Kier alpha value is -2.32. The second-order valence-corrected chi connectivity index (χ2v) is 8.13. The van der Waals surface area contributed by atoms with Crippen molar-refractivity contribution in [2.45, 2.75) is 20.8 Å². The maximum atomic E-state index is 11.7. The van der Waals surface area contributed by atoms with Crippen LogP contribution in [0.4, 0.5) is 0 Å². The molecule has 0 aliphatic rings. The van der Waals surface area contributed by atoms with Gasteiger partial charge in [-0.1, -0.05) is 6.92 Å². The monoisotopic (exact) mass is 392 g/mol. The van der Waals surface area contributed by atoms with E-state index in [4.69, 9.17) is 9.47 Å². The highest BCUT2D eigenvalue weighted by atomic mass is 32.1. The third kappa shape index (κ3) is 7.28. The molecule has 0 radical (unpaired) electrons. The lowest BCUT2D eigenvalue weighted by Gasteiger charge is -2.10. The van der Waals surface area contributed by atoms with Gasteiger partial charge in [0.05, 0.1) is 23.2 Å². The SMILES string of the molecule is Cc1ncc(C=CC(=O)OCC(C)COC(=O)C=Cc2cnc(C)s2)s1. The van der Waals surface area contributed by atoms with Gasteiger partial charge in [-0.25, -0.2) is 19.6 Å². The molecule has 0 saturated carbocycles. The highest BCUT2D eigenvalue weighted by Crippen LogP contribution is 2.14. The Morgan fingerprint density at radius 3 is 1.73 bits per heavy atom. The van der Waals surface area contributed by atoms with Crippen molar-refractivity contribution < 1.29 is 19.1 Å². The van der Waals surface area contributed by atoms with Gasteiger partial charge in [0.15, 0.2) is 0 Å². The molecule has 0 N–H and O–H groups in total. The molecule has 0 unspecified atom stereocenters. The van der Waals surface area contributed by atoms with Gasteiger partial charge in [-0.2, -0.15) is 0 Å². The smallest absolute Gasteiger partial charge is 0.330 e. The predicted octanol–water partition coefficient (Wildman–Crippen LogP) is 3.67. The fraction of sp³-hybridized carbons (Fsp3) is 0.333. The van der Waals surface area contributed by atoms with E-state index in [2.05, 4.69) is 9.97 Å². The number of rotatable bonds is 8. The van der Waals surface area contributed by atoms with Crippen LogP contribution in [0.15, 0.2) is 24.5 Å². The van der Waals surface area contributed by atoms with Gasteiger partial charge in [0.1, 0.15) is 0 Å². The fourth-order valence-corrected chi connectivity index (χ4v) is 3.18. The van der Waals surface area contributed by atoms with E-state index in [1.165, 1.54) is 34.8 Å². The minimum Gasteiger partial charge on any atom is -0.462 e. The zero-order valence-corrected chi connectivity index (χ0v) is 16.4. The first-order chi connectivity index (χ1) is 12.4.